The second-order valence-electron chi connectivity index (χ2n) is 7.21. The summed E-state index contributed by atoms with van der Waals surface area (Å²) in [5, 5.41) is 2.97. The summed E-state index contributed by atoms with van der Waals surface area (Å²) in [6.45, 7) is 3.65. The van der Waals surface area contributed by atoms with E-state index in [2.05, 4.69) is 22.3 Å². The minimum Gasteiger partial charge on any atom is -0.348 e. The van der Waals surface area contributed by atoms with Crippen LogP contribution in [0.3, 0.4) is 0 Å². The van der Waals surface area contributed by atoms with E-state index in [9.17, 15) is 13.2 Å². The lowest BCUT2D eigenvalue weighted by atomic mass is 10.1. The molecule has 0 saturated carbocycles. The van der Waals surface area contributed by atoms with E-state index in [1.54, 1.807) is 24.3 Å². The average molecular weight is 402 g/mol. The number of sulfonamides is 1. The lowest BCUT2D eigenvalue weighted by Gasteiger charge is -2.18. The van der Waals surface area contributed by atoms with Crippen LogP contribution in [0.15, 0.2) is 48.5 Å². The molecule has 0 bridgehead atoms. The number of amides is 1. The third-order valence-electron chi connectivity index (χ3n) is 5.14. The molecule has 2 aromatic rings. The Kier molecular flexibility index (Phi) is 6.36. The quantitative estimate of drug-likeness (QED) is 0.774. The molecule has 0 unspecified atom stereocenters. The van der Waals surface area contributed by atoms with E-state index in [0.717, 1.165) is 31.5 Å². The van der Waals surface area contributed by atoms with Gasteiger partial charge >= 0.3 is 0 Å². The fraction of sp³-hybridized carbons (Fsp3) is 0.381. The Morgan fingerprint density at radius 2 is 1.64 bits per heavy atom. The van der Waals surface area contributed by atoms with Gasteiger partial charge < -0.3 is 5.32 Å². The number of nitrogens with one attached hydrogen (secondary N) is 1. The van der Waals surface area contributed by atoms with E-state index < -0.39 is 10.0 Å². The molecule has 0 spiro atoms. The summed E-state index contributed by atoms with van der Waals surface area (Å²) in [5.41, 5.74) is 3.39. The Morgan fingerprint density at radius 3 is 2.25 bits per heavy atom. The minimum atomic E-state index is -3.32. The van der Waals surface area contributed by atoms with Crippen LogP contribution in [0, 0.1) is 0 Å². The Balaban J connectivity index is 1.63. The Bertz CT molecular complexity index is 920. The first-order chi connectivity index (χ1) is 13.3. The van der Waals surface area contributed by atoms with E-state index in [1.807, 2.05) is 12.1 Å². The Morgan fingerprint density at radius 1 is 1.04 bits per heavy atom. The summed E-state index contributed by atoms with van der Waals surface area (Å²) in [5.74, 6) is -0.176. The molecule has 1 heterocycles. The van der Waals surface area contributed by atoms with Crippen LogP contribution in [0.25, 0.3) is 0 Å². The monoisotopic (exact) mass is 401 g/mol. The summed E-state index contributed by atoms with van der Waals surface area (Å²) in [7, 11) is -1.83. The highest BCUT2D eigenvalue weighted by Crippen LogP contribution is 2.18. The van der Waals surface area contributed by atoms with Crippen LogP contribution < -0.4 is 9.62 Å². The van der Waals surface area contributed by atoms with Crippen molar-refractivity contribution in [2.24, 2.45) is 0 Å². The van der Waals surface area contributed by atoms with Crippen molar-refractivity contribution in [1.82, 2.24) is 10.2 Å². The predicted molar refractivity (Wildman–Crippen MR) is 112 cm³/mol. The average Bonchev–Trinajstić information content (AvgIpc) is 3.19. The van der Waals surface area contributed by atoms with Gasteiger partial charge in [-0.05, 0) is 61.3 Å². The molecule has 1 fully saturated rings. The van der Waals surface area contributed by atoms with Crippen molar-refractivity contribution >= 4 is 21.6 Å². The number of nitrogens with zero attached hydrogens (tertiary/aromatic N) is 2. The molecule has 3 rings (SSSR count). The third kappa shape index (κ3) is 5.11. The van der Waals surface area contributed by atoms with E-state index in [1.165, 1.54) is 29.8 Å². The molecule has 0 radical (unpaired) electrons. The van der Waals surface area contributed by atoms with Crippen molar-refractivity contribution < 1.29 is 13.2 Å². The van der Waals surface area contributed by atoms with Gasteiger partial charge in [0.05, 0.1) is 11.9 Å². The molecule has 0 atom stereocenters. The van der Waals surface area contributed by atoms with Gasteiger partial charge in [0.1, 0.15) is 0 Å². The summed E-state index contributed by atoms with van der Waals surface area (Å²) in [4.78, 5) is 14.9. The van der Waals surface area contributed by atoms with Crippen molar-refractivity contribution in [3.8, 4) is 0 Å². The zero-order valence-corrected chi connectivity index (χ0v) is 17.2. The second kappa shape index (κ2) is 8.75. The Hall–Kier alpha value is -2.38. The van der Waals surface area contributed by atoms with Gasteiger partial charge in [0, 0.05) is 25.7 Å². The molecule has 150 valence electrons. The molecule has 1 N–H and O–H groups in total. The number of benzene rings is 2. The molecule has 0 aliphatic carbocycles. The number of rotatable bonds is 7. The number of hydrogen-bond donors (Lipinski definition) is 1. The molecule has 1 saturated heterocycles. The van der Waals surface area contributed by atoms with Crippen molar-refractivity contribution in [3.05, 3.63) is 65.2 Å². The van der Waals surface area contributed by atoms with Crippen LogP contribution in [-0.2, 0) is 23.1 Å². The maximum absolute atomic E-state index is 12.5. The number of carbonyl (C=O) groups is 1. The zero-order chi connectivity index (χ0) is 20.1. The molecule has 1 aliphatic heterocycles. The molecule has 1 amide bonds. The fourth-order valence-electron chi connectivity index (χ4n) is 3.36. The lowest BCUT2D eigenvalue weighted by molar-refractivity contribution is 0.0951. The van der Waals surface area contributed by atoms with Crippen LogP contribution in [0.4, 0.5) is 5.69 Å². The van der Waals surface area contributed by atoms with Gasteiger partial charge in [0.15, 0.2) is 0 Å². The largest absolute Gasteiger partial charge is 0.348 e. The highest BCUT2D eigenvalue weighted by Gasteiger charge is 2.15. The van der Waals surface area contributed by atoms with Crippen molar-refractivity contribution in [2.45, 2.75) is 25.9 Å². The summed E-state index contributed by atoms with van der Waals surface area (Å²) >= 11 is 0. The van der Waals surface area contributed by atoms with E-state index in [0.29, 0.717) is 17.8 Å². The first-order valence-corrected chi connectivity index (χ1v) is 11.3. The molecule has 7 heteroatoms. The first-order valence-electron chi connectivity index (χ1n) is 9.46. The topological polar surface area (TPSA) is 69.7 Å². The van der Waals surface area contributed by atoms with Gasteiger partial charge in [-0.3, -0.25) is 14.0 Å². The smallest absolute Gasteiger partial charge is 0.251 e. The highest BCUT2D eigenvalue weighted by molar-refractivity contribution is 7.92. The van der Waals surface area contributed by atoms with Crippen LogP contribution in [0.2, 0.25) is 0 Å². The third-order valence-corrected chi connectivity index (χ3v) is 6.35. The molecule has 0 aromatic heterocycles. The lowest BCUT2D eigenvalue weighted by Crippen LogP contribution is -2.26. The van der Waals surface area contributed by atoms with Crippen LogP contribution >= 0.6 is 0 Å². The van der Waals surface area contributed by atoms with Gasteiger partial charge in [-0.2, -0.15) is 0 Å². The van der Waals surface area contributed by atoms with Crippen LogP contribution in [0.1, 0.15) is 34.3 Å². The van der Waals surface area contributed by atoms with Crippen LogP contribution in [0.5, 0.6) is 0 Å². The van der Waals surface area contributed by atoms with E-state index in [4.69, 9.17) is 0 Å². The minimum absolute atomic E-state index is 0.176. The fourth-order valence-corrected chi connectivity index (χ4v) is 3.86. The van der Waals surface area contributed by atoms with Gasteiger partial charge in [0.2, 0.25) is 10.0 Å². The maximum Gasteiger partial charge on any atom is 0.251 e. The number of anilines is 1. The summed E-state index contributed by atoms with van der Waals surface area (Å²) < 4.78 is 24.4. The second-order valence-corrected chi connectivity index (χ2v) is 9.23. The molecular weight excluding hydrogens is 374 g/mol. The van der Waals surface area contributed by atoms with Crippen molar-refractivity contribution in [2.75, 3.05) is 30.7 Å². The standard InChI is InChI=1S/C21H27N3O3S/c1-23(28(2,26)27)20-11-9-17(10-12-20)21(25)22-15-18-7-3-4-8-19(18)16-24-13-5-6-14-24/h3-4,7-12H,5-6,13-16H2,1-2H3,(H,22,25). The summed E-state index contributed by atoms with van der Waals surface area (Å²) in [6.07, 6.45) is 3.65. The van der Waals surface area contributed by atoms with Gasteiger partial charge in [-0.25, -0.2) is 8.42 Å². The molecule has 1 aliphatic rings. The summed E-state index contributed by atoms with van der Waals surface area (Å²) in [6, 6.07) is 14.8. The molecule has 28 heavy (non-hydrogen) atoms. The molecular formula is C21H27N3O3S. The van der Waals surface area contributed by atoms with Gasteiger partial charge in [-0.15, -0.1) is 0 Å². The predicted octanol–water partition coefficient (Wildman–Crippen LogP) is 2.61. The van der Waals surface area contributed by atoms with Gasteiger partial charge in [0.25, 0.3) is 5.91 Å². The maximum atomic E-state index is 12.5. The normalized spacial score (nSPS) is 14.8. The van der Waals surface area contributed by atoms with Crippen molar-refractivity contribution in [1.29, 1.82) is 0 Å². The van der Waals surface area contributed by atoms with Crippen LogP contribution in [-0.4, -0.2) is 45.6 Å². The zero-order valence-electron chi connectivity index (χ0n) is 16.4. The number of hydrogen-bond acceptors (Lipinski definition) is 4. The van der Waals surface area contributed by atoms with Gasteiger partial charge in [-0.1, -0.05) is 24.3 Å². The SMILES string of the molecule is CN(c1ccc(C(=O)NCc2ccccc2CN2CCCC2)cc1)S(C)(=O)=O. The van der Waals surface area contributed by atoms with E-state index >= 15 is 0 Å². The van der Waals surface area contributed by atoms with E-state index in [-0.39, 0.29) is 5.91 Å². The molecule has 2 aromatic carbocycles. The molecule has 6 nitrogen and oxygen atoms in total. The Labute approximate surface area is 167 Å². The van der Waals surface area contributed by atoms with Crippen molar-refractivity contribution in [3.63, 3.8) is 0 Å². The first kappa shape index (κ1) is 20.4. The highest BCUT2D eigenvalue weighted by atomic mass is 32.2. The number of carbonyl (C=O) groups excluding carboxylic acids is 1. The number of likely N-dealkylation sites (tertiary alicyclic amines) is 1.